The Labute approximate surface area is 138 Å². The van der Waals surface area contributed by atoms with Crippen molar-refractivity contribution in [2.24, 2.45) is 0 Å². The summed E-state index contributed by atoms with van der Waals surface area (Å²) in [6.07, 6.45) is 0.412. The zero-order valence-electron chi connectivity index (χ0n) is 13.5. The zero-order chi connectivity index (χ0) is 16.2. The Balaban J connectivity index is 1.54. The molecule has 4 heterocycles. The lowest BCUT2D eigenvalue weighted by Crippen LogP contribution is -2.55. The highest BCUT2D eigenvalue weighted by molar-refractivity contribution is 7.58. The molecule has 10 heteroatoms. The molecule has 1 unspecified atom stereocenters. The van der Waals surface area contributed by atoms with E-state index in [1.807, 2.05) is 4.90 Å². The molecule has 4 aliphatic rings. The fourth-order valence-corrected chi connectivity index (χ4v) is 8.54. The molecule has 2 bridgehead atoms. The van der Waals surface area contributed by atoms with Gasteiger partial charge in [-0.2, -0.15) is 0 Å². The van der Waals surface area contributed by atoms with Crippen LogP contribution in [0.15, 0.2) is 0 Å². The number of hydrogen-bond donors (Lipinski definition) is 1. The van der Waals surface area contributed by atoms with Gasteiger partial charge in [-0.25, -0.2) is 0 Å². The van der Waals surface area contributed by atoms with Gasteiger partial charge < -0.3 is 22.9 Å². The van der Waals surface area contributed by atoms with Crippen LogP contribution in [0.5, 0.6) is 0 Å². The minimum absolute atomic E-state index is 0.195. The van der Waals surface area contributed by atoms with E-state index >= 15 is 0 Å². The van der Waals surface area contributed by atoms with E-state index in [-0.39, 0.29) is 12.4 Å². The van der Waals surface area contributed by atoms with Crippen LogP contribution in [-0.2, 0) is 22.6 Å². The number of morpholine rings is 1. The van der Waals surface area contributed by atoms with Crippen molar-refractivity contribution in [3.8, 4) is 0 Å². The summed E-state index contributed by atoms with van der Waals surface area (Å²) in [7, 11) is -6.06. The van der Waals surface area contributed by atoms with Crippen molar-refractivity contribution in [1.29, 1.82) is 0 Å². The van der Waals surface area contributed by atoms with Gasteiger partial charge in [0.05, 0.1) is 39.3 Å². The van der Waals surface area contributed by atoms with Crippen molar-refractivity contribution in [3.05, 3.63) is 0 Å². The molecule has 134 valence electrons. The summed E-state index contributed by atoms with van der Waals surface area (Å²) in [6, 6.07) is 0.422. The van der Waals surface area contributed by atoms with Gasteiger partial charge in [-0.05, 0) is 0 Å². The lowest BCUT2D eigenvalue weighted by molar-refractivity contribution is -0.00750. The third kappa shape index (κ3) is 5.32. The highest BCUT2D eigenvalue weighted by atomic mass is 31.2. The highest BCUT2D eigenvalue weighted by Gasteiger charge is 2.45. The summed E-state index contributed by atoms with van der Waals surface area (Å²) < 4.78 is 35.6. The number of rotatable bonds is 5. The van der Waals surface area contributed by atoms with Crippen molar-refractivity contribution < 1.29 is 27.5 Å². The lowest BCUT2D eigenvalue weighted by Gasteiger charge is -2.38. The Morgan fingerprint density at radius 3 is 2.04 bits per heavy atom. The molecular weight excluding hydrogens is 339 g/mol. The average Bonchev–Trinajstić information content (AvgIpc) is 2.45. The summed E-state index contributed by atoms with van der Waals surface area (Å²) in [5.41, 5.74) is 0. The first-order valence-corrected chi connectivity index (χ1v) is 12.3. The van der Waals surface area contributed by atoms with E-state index in [9.17, 15) is 9.46 Å². The van der Waals surface area contributed by atoms with E-state index in [0.717, 1.165) is 19.6 Å². The summed E-state index contributed by atoms with van der Waals surface area (Å²) in [4.78, 5) is 14.6. The normalized spacial score (nSPS) is 36.0. The van der Waals surface area contributed by atoms with Crippen LogP contribution in [0.4, 0.5) is 0 Å². The predicted octanol–water partition coefficient (Wildman–Crippen LogP) is -0.136. The van der Waals surface area contributed by atoms with Crippen molar-refractivity contribution in [2.75, 3.05) is 78.2 Å². The Hall–Kier alpha value is 0.167. The predicted molar refractivity (Wildman–Crippen MR) is 86.8 cm³/mol. The zero-order valence-corrected chi connectivity index (χ0v) is 15.4. The summed E-state index contributed by atoms with van der Waals surface area (Å²) in [5.74, 6) is 0. The average molecular weight is 366 g/mol. The molecule has 23 heavy (non-hydrogen) atoms. The monoisotopic (exact) mass is 366 g/mol. The molecule has 8 nitrogen and oxygen atoms in total. The largest absolute Gasteiger partial charge is 0.501 e. The summed E-state index contributed by atoms with van der Waals surface area (Å²) in [6.45, 7) is 7.06. The fraction of sp³-hybridized carbons (Fsp3) is 1.00. The molecule has 1 atom stereocenters. The van der Waals surface area contributed by atoms with Crippen LogP contribution in [0.25, 0.3) is 0 Å². The highest BCUT2D eigenvalue weighted by Crippen LogP contribution is 2.43. The van der Waals surface area contributed by atoms with E-state index in [1.165, 1.54) is 0 Å². The van der Waals surface area contributed by atoms with E-state index in [0.29, 0.717) is 52.2 Å². The molecule has 0 aromatic rings. The van der Waals surface area contributed by atoms with Gasteiger partial charge >= 0.3 is 8.80 Å². The Morgan fingerprint density at radius 1 is 0.913 bits per heavy atom. The van der Waals surface area contributed by atoms with Crippen molar-refractivity contribution >= 4 is 16.2 Å². The van der Waals surface area contributed by atoms with Crippen LogP contribution < -0.4 is 0 Å². The van der Waals surface area contributed by atoms with E-state index in [2.05, 4.69) is 4.90 Å². The first-order chi connectivity index (χ1) is 11.1. The number of ether oxygens (including phenoxy) is 1. The molecule has 0 aliphatic carbocycles. The van der Waals surface area contributed by atoms with Crippen LogP contribution in [-0.4, -0.2) is 102 Å². The lowest BCUT2D eigenvalue weighted by atomic mass is 10.4. The van der Waals surface area contributed by atoms with Crippen molar-refractivity contribution in [2.45, 2.75) is 6.04 Å². The third-order valence-corrected chi connectivity index (χ3v) is 9.46. The van der Waals surface area contributed by atoms with Gasteiger partial charge in [0.25, 0.3) is 0 Å². The van der Waals surface area contributed by atoms with E-state index in [1.54, 1.807) is 0 Å². The van der Waals surface area contributed by atoms with E-state index in [4.69, 9.17) is 18.0 Å². The SMILES string of the molecule is O=P(O)(CC[Si]12OCCN(CCO1)CCO2)CN1CCOCC1. The molecule has 0 aromatic heterocycles. The third-order valence-electron chi connectivity index (χ3n) is 4.48. The Bertz CT molecular complexity index is 410. The maximum absolute atomic E-state index is 12.6. The quantitative estimate of drug-likeness (QED) is 0.532. The van der Waals surface area contributed by atoms with E-state index < -0.39 is 16.2 Å². The first-order valence-electron chi connectivity index (χ1n) is 8.32. The van der Waals surface area contributed by atoms with Gasteiger partial charge in [-0.15, -0.1) is 0 Å². The van der Waals surface area contributed by atoms with Crippen molar-refractivity contribution in [1.82, 2.24) is 9.80 Å². The Morgan fingerprint density at radius 2 is 1.48 bits per heavy atom. The molecule has 4 rings (SSSR count). The molecule has 4 saturated heterocycles. The molecule has 4 aliphatic heterocycles. The Kier molecular flexibility index (Phi) is 6.28. The minimum Gasteiger partial charge on any atom is -0.379 e. The van der Waals surface area contributed by atoms with Crippen molar-refractivity contribution in [3.63, 3.8) is 0 Å². The van der Waals surface area contributed by atoms with Crippen LogP contribution in [0.3, 0.4) is 0 Å². The number of hydrogen-bond acceptors (Lipinski definition) is 7. The van der Waals surface area contributed by atoms with Crippen LogP contribution in [0, 0.1) is 0 Å². The maximum atomic E-state index is 12.6. The fourth-order valence-electron chi connectivity index (χ4n) is 3.11. The van der Waals surface area contributed by atoms with Gasteiger partial charge in [-0.3, -0.25) is 14.4 Å². The molecule has 0 spiro atoms. The maximum Gasteiger partial charge on any atom is 0.501 e. The second-order valence-electron chi connectivity index (χ2n) is 6.26. The molecule has 0 amide bonds. The standard InChI is InChI=1S/C13H27N2O6PSi/c16-22(17,13-15-1-6-18-7-2-15)11-12-23-19-8-3-14(4-9-20-23)5-10-21-23/h1-13H2,(H,16,17). The van der Waals surface area contributed by atoms with Gasteiger partial charge in [0.15, 0.2) is 0 Å². The van der Waals surface area contributed by atoms with Crippen LogP contribution in [0.1, 0.15) is 0 Å². The van der Waals surface area contributed by atoms with Gasteiger partial charge in [0.2, 0.25) is 7.37 Å². The molecular formula is C13H27N2O6PSi. The molecule has 1 N–H and O–H groups in total. The molecule has 0 aromatic carbocycles. The second-order valence-corrected chi connectivity index (χ2v) is 11.4. The molecule has 4 fully saturated rings. The van der Waals surface area contributed by atoms with Gasteiger partial charge in [0, 0.05) is 44.9 Å². The topological polar surface area (TPSA) is 80.7 Å². The second kappa shape index (κ2) is 8.03. The summed E-state index contributed by atoms with van der Waals surface area (Å²) >= 11 is 0. The summed E-state index contributed by atoms with van der Waals surface area (Å²) in [5, 5.41) is 0. The minimum atomic E-state index is -3.25. The smallest absolute Gasteiger partial charge is 0.379 e. The van der Waals surface area contributed by atoms with Gasteiger partial charge in [0.1, 0.15) is 0 Å². The van der Waals surface area contributed by atoms with Gasteiger partial charge in [-0.1, -0.05) is 0 Å². The number of fused-ring (bicyclic) bond motifs is 6. The molecule has 0 radical (unpaired) electrons. The van der Waals surface area contributed by atoms with Crippen LogP contribution >= 0.6 is 7.37 Å². The molecule has 0 saturated carbocycles. The van der Waals surface area contributed by atoms with Crippen LogP contribution in [0.2, 0.25) is 6.04 Å². The number of nitrogens with zero attached hydrogens (tertiary/aromatic N) is 2. The first kappa shape index (κ1) is 18.0.